The summed E-state index contributed by atoms with van der Waals surface area (Å²) in [6.07, 6.45) is 0. The molecule has 0 unspecified atom stereocenters. The first-order valence-corrected chi connectivity index (χ1v) is 4.68. The van der Waals surface area contributed by atoms with Crippen LogP contribution in [0.3, 0.4) is 0 Å². The second-order valence-electron chi connectivity index (χ2n) is 2.94. The number of carboxylic acid groups (broad SMARTS) is 1. The third-order valence-electron chi connectivity index (χ3n) is 2.05. The van der Waals surface area contributed by atoms with Crippen molar-refractivity contribution in [3.63, 3.8) is 0 Å². The Bertz CT molecular complexity index is 409. The summed E-state index contributed by atoms with van der Waals surface area (Å²) in [5.74, 6) is -0.774. The van der Waals surface area contributed by atoms with Crippen LogP contribution in [0.5, 0.6) is 0 Å². The molecular formula is C9H13N3O3. The Kier molecular flexibility index (Phi) is 3.43. The quantitative estimate of drug-likeness (QED) is 0.748. The molecule has 1 aromatic heterocycles. The fraction of sp³-hybridized carbons (Fsp3) is 0.444. The van der Waals surface area contributed by atoms with Gasteiger partial charge in [-0.15, -0.1) is 0 Å². The van der Waals surface area contributed by atoms with Gasteiger partial charge < -0.3 is 10.0 Å². The molecule has 0 spiro atoms. The third-order valence-corrected chi connectivity index (χ3v) is 2.05. The van der Waals surface area contributed by atoms with E-state index in [1.165, 1.54) is 6.07 Å². The highest BCUT2D eigenvalue weighted by Crippen LogP contribution is 2.08. The number of nitrogens with one attached hydrogen (secondary N) is 1. The van der Waals surface area contributed by atoms with Crippen LogP contribution in [0.1, 0.15) is 24.3 Å². The van der Waals surface area contributed by atoms with E-state index in [9.17, 15) is 9.59 Å². The van der Waals surface area contributed by atoms with Gasteiger partial charge >= 0.3 is 11.7 Å². The SMILES string of the molecule is CCN(CC)c1cc(C(=O)O)[nH]c(=O)n1. The van der Waals surface area contributed by atoms with Crippen molar-refractivity contribution in [2.75, 3.05) is 18.0 Å². The van der Waals surface area contributed by atoms with Crippen LogP contribution in [0, 0.1) is 0 Å². The lowest BCUT2D eigenvalue weighted by Crippen LogP contribution is -2.27. The Morgan fingerprint density at radius 2 is 2.13 bits per heavy atom. The number of carboxylic acids is 1. The molecule has 82 valence electrons. The molecule has 0 bridgehead atoms. The van der Waals surface area contributed by atoms with Gasteiger partial charge in [0.15, 0.2) is 0 Å². The maximum atomic E-state index is 11.1. The maximum absolute atomic E-state index is 11.1. The lowest BCUT2D eigenvalue weighted by molar-refractivity contribution is 0.0690. The van der Waals surface area contributed by atoms with E-state index in [1.54, 1.807) is 0 Å². The summed E-state index contributed by atoms with van der Waals surface area (Å²) in [7, 11) is 0. The van der Waals surface area contributed by atoms with Gasteiger partial charge in [-0.2, -0.15) is 4.98 Å². The van der Waals surface area contributed by atoms with Crippen LogP contribution in [0.2, 0.25) is 0 Å². The van der Waals surface area contributed by atoms with Gasteiger partial charge in [0.05, 0.1) is 0 Å². The molecule has 0 aliphatic carbocycles. The predicted octanol–water partition coefficient (Wildman–Crippen LogP) is 0.314. The second kappa shape index (κ2) is 4.59. The first-order valence-electron chi connectivity index (χ1n) is 4.68. The monoisotopic (exact) mass is 211 g/mol. The minimum atomic E-state index is -1.16. The summed E-state index contributed by atoms with van der Waals surface area (Å²) in [6.45, 7) is 5.16. The van der Waals surface area contributed by atoms with E-state index in [-0.39, 0.29) is 5.69 Å². The molecule has 2 N–H and O–H groups in total. The molecule has 6 heteroatoms. The lowest BCUT2D eigenvalue weighted by atomic mass is 10.3. The van der Waals surface area contributed by atoms with Crippen LogP contribution in [0.15, 0.2) is 10.9 Å². The van der Waals surface area contributed by atoms with Crippen LogP contribution in [-0.4, -0.2) is 34.1 Å². The van der Waals surface area contributed by atoms with Crippen molar-refractivity contribution < 1.29 is 9.90 Å². The van der Waals surface area contributed by atoms with E-state index in [4.69, 9.17) is 5.11 Å². The smallest absolute Gasteiger partial charge is 0.352 e. The number of rotatable bonds is 4. The molecule has 0 radical (unpaired) electrons. The van der Waals surface area contributed by atoms with E-state index < -0.39 is 11.7 Å². The Morgan fingerprint density at radius 3 is 2.60 bits per heavy atom. The van der Waals surface area contributed by atoms with Crippen molar-refractivity contribution >= 4 is 11.8 Å². The third kappa shape index (κ3) is 2.55. The number of nitrogens with zero attached hydrogens (tertiary/aromatic N) is 2. The van der Waals surface area contributed by atoms with Crippen molar-refractivity contribution in [2.24, 2.45) is 0 Å². The van der Waals surface area contributed by atoms with Crippen molar-refractivity contribution in [3.05, 3.63) is 22.2 Å². The van der Waals surface area contributed by atoms with E-state index in [0.29, 0.717) is 18.9 Å². The average Bonchev–Trinajstić information content (AvgIpc) is 2.18. The number of aromatic nitrogens is 2. The van der Waals surface area contributed by atoms with Crippen molar-refractivity contribution in [1.29, 1.82) is 0 Å². The summed E-state index contributed by atoms with van der Waals surface area (Å²) in [5, 5.41) is 8.74. The minimum Gasteiger partial charge on any atom is -0.477 e. The molecule has 1 aromatic rings. The molecule has 0 aliphatic heterocycles. The van der Waals surface area contributed by atoms with Gasteiger partial charge in [-0.1, -0.05) is 0 Å². The number of hydrogen-bond donors (Lipinski definition) is 2. The number of carbonyl (C=O) groups is 1. The topological polar surface area (TPSA) is 86.3 Å². The Morgan fingerprint density at radius 1 is 1.53 bits per heavy atom. The van der Waals surface area contributed by atoms with Gasteiger partial charge in [-0.3, -0.25) is 4.98 Å². The highest BCUT2D eigenvalue weighted by atomic mass is 16.4. The largest absolute Gasteiger partial charge is 0.477 e. The van der Waals surface area contributed by atoms with Gasteiger partial charge in [0.25, 0.3) is 0 Å². The van der Waals surface area contributed by atoms with Crippen LogP contribution in [0.25, 0.3) is 0 Å². The van der Waals surface area contributed by atoms with Gasteiger partial charge in [-0.05, 0) is 13.8 Å². The first-order chi connectivity index (χ1) is 7.08. The molecule has 0 amide bonds. The summed E-state index contributed by atoms with van der Waals surface area (Å²) < 4.78 is 0. The zero-order chi connectivity index (χ0) is 11.4. The molecule has 1 heterocycles. The highest BCUT2D eigenvalue weighted by Gasteiger charge is 2.10. The van der Waals surface area contributed by atoms with Crippen molar-refractivity contribution in [3.8, 4) is 0 Å². The van der Waals surface area contributed by atoms with Crippen LogP contribution in [-0.2, 0) is 0 Å². The lowest BCUT2D eigenvalue weighted by Gasteiger charge is -2.19. The first kappa shape index (κ1) is 11.2. The fourth-order valence-electron chi connectivity index (χ4n) is 1.27. The molecule has 0 atom stereocenters. The standard InChI is InChI=1S/C9H13N3O3/c1-3-12(4-2)7-5-6(8(13)14)10-9(15)11-7/h5H,3-4H2,1-2H3,(H,13,14)(H,10,11,15). The Balaban J connectivity index is 3.19. The predicted molar refractivity (Wildman–Crippen MR) is 55.4 cm³/mol. The molecule has 0 aliphatic rings. The van der Waals surface area contributed by atoms with Gasteiger partial charge in [0.2, 0.25) is 0 Å². The van der Waals surface area contributed by atoms with E-state index in [0.717, 1.165) is 0 Å². The van der Waals surface area contributed by atoms with E-state index in [2.05, 4.69) is 9.97 Å². The normalized spacial score (nSPS) is 10.0. The fourth-order valence-corrected chi connectivity index (χ4v) is 1.27. The highest BCUT2D eigenvalue weighted by molar-refractivity contribution is 5.86. The molecule has 15 heavy (non-hydrogen) atoms. The number of hydrogen-bond acceptors (Lipinski definition) is 4. The van der Waals surface area contributed by atoms with E-state index in [1.807, 2.05) is 18.7 Å². The maximum Gasteiger partial charge on any atom is 0.352 e. The van der Waals surface area contributed by atoms with E-state index >= 15 is 0 Å². The summed E-state index contributed by atoms with van der Waals surface area (Å²) in [6, 6.07) is 1.36. The van der Waals surface area contributed by atoms with Gasteiger partial charge in [0, 0.05) is 19.2 Å². The van der Waals surface area contributed by atoms with Crippen LogP contribution < -0.4 is 10.6 Å². The van der Waals surface area contributed by atoms with Crippen LogP contribution >= 0.6 is 0 Å². The molecular weight excluding hydrogens is 198 g/mol. The minimum absolute atomic E-state index is 0.142. The molecule has 0 saturated heterocycles. The molecule has 6 nitrogen and oxygen atoms in total. The summed E-state index contributed by atoms with van der Waals surface area (Å²) >= 11 is 0. The molecule has 0 fully saturated rings. The van der Waals surface area contributed by atoms with Gasteiger partial charge in [-0.25, -0.2) is 9.59 Å². The Hall–Kier alpha value is -1.85. The summed E-state index contributed by atoms with van der Waals surface area (Å²) in [4.78, 5) is 29.5. The second-order valence-corrected chi connectivity index (χ2v) is 2.94. The average molecular weight is 211 g/mol. The molecule has 1 rings (SSSR count). The number of aromatic carboxylic acids is 1. The number of H-pyrrole nitrogens is 1. The zero-order valence-electron chi connectivity index (χ0n) is 8.65. The van der Waals surface area contributed by atoms with Crippen molar-refractivity contribution in [1.82, 2.24) is 9.97 Å². The molecule has 0 saturated carbocycles. The van der Waals surface area contributed by atoms with Gasteiger partial charge in [0.1, 0.15) is 11.5 Å². The van der Waals surface area contributed by atoms with Crippen molar-refractivity contribution in [2.45, 2.75) is 13.8 Å². The zero-order valence-corrected chi connectivity index (χ0v) is 8.65. The number of aromatic amines is 1. The summed E-state index contributed by atoms with van der Waals surface area (Å²) in [5.41, 5.74) is -0.784. The number of anilines is 1. The van der Waals surface area contributed by atoms with Crippen LogP contribution in [0.4, 0.5) is 5.82 Å². The molecule has 0 aromatic carbocycles. The Labute approximate surface area is 86.6 Å².